The van der Waals surface area contributed by atoms with E-state index < -0.39 is 0 Å². The molecule has 0 aliphatic carbocycles. The molecule has 28 heavy (non-hydrogen) atoms. The summed E-state index contributed by atoms with van der Waals surface area (Å²) in [5, 5.41) is 15.2. The van der Waals surface area contributed by atoms with Crippen LogP contribution < -0.4 is 10.6 Å². The summed E-state index contributed by atoms with van der Waals surface area (Å²) in [5.41, 5.74) is 4.21. The van der Waals surface area contributed by atoms with Gasteiger partial charge in [0.2, 0.25) is 0 Å². The van der Waals surface area contributed by atoms with Crippen LogP contribution in [0.25, 0.3) is 5.65 Å². The lowest BCUT2D eigenvalue weighted by atomic mass is 10.1. The van der Waals surface area contributed by atoms with Gasteiger partial charge in [-0.2, -0.15) is 0 Å². The van der Waals surface area contributed by atoms with Crippen LogP contribution in [-0.4, -0.2) is 20.6 Å². The Bertz CT molecular complexity index is 1070. The van der Waals surface area contributed by atoms with Crippen molar-refractivity contribution in [1.29, 1.82) is 0 Å². The number of fused-ring (bicyclic) bond motifs is 1. The monoisotopic (exact) mass is 370 g/mol. The van der Waals surface area contributed by atoms with Gasteiger partial charge in [0.1, 0.15) is 0 Å². The molecule has 0 aliphatic heterocycles. The van der Waals surface area contributed by atoms with Gasteiger partial charge in [0.15, 0.2) is 17.4 Å². The maximum atomic E-state index is 4.74. The highest BCUT2D eigenvalue weighted by molar-refractivity contribution is 5.93. The Morgan fingerprint density at radius 2 is 1.71 bits per heavy atom. The zero-order valence-electron chi connectivity index (χ0n) is 15.7. The number of pyridine rings is 1. The number of aliphatic imine (C=N–C) groups is 1. The Balaban J connectivity index is 1.51. The van der Waals surface area contributed by atoms with E-state index in [0.717, 1.165) is 22.7 Å². The zero-order valence-corrected chi connectivity index (χ0v) is 15.7. The van der Waals surface area contributed by atoms with Crippen molar-refractivity contribution in [3.63, 3.8) is 0 Å². The second-order valence-corrected chi connectivity index (χ2v) is 6.54. The molecule has 0 saturated heterocycles. The van der Waals surface area contributed by atoms with E-state index in [0.29, 0.717) is 19.0 Å². The molecule has 0 amide bonds. The van der Waals surface area contributed by atoms with E-state index in [1.54, 1.807) is 0 Å². The standard InChI is InChI=1S/C22H22N6/c1-17-10-12-18(13-11-17)15-23-22(25-19-7-3-2-4-8-19)24-16-21-27-26-20-9-5-6-14-28(20)21/h2-14H,15-16H2,1H3,(H2,23,24,25). The largest absolute Gasteiger partial charge is 0.349 e. The quantitative estimate of drug-likeness (QED) is 0.414. The number of anilines is 1. The van der Waals surface area contributed by atoms with Crippen LogP contribution >= 0.6 is 0 Å². The van der Waals surface area contributed by atoms with Gasteiger partial charge in [-0.25, -0.2) is 4.99 Å². The van der Waals surface area contributed by atoms with Crippen molar-refractivity contribution in [3.8, 4) is 0 Å². The van der Waals surface area contributed by atoms with Crippen molar-refractivity contribution in [1.82, 2.24) is 19.9 Å². The summed E-state index contributed by atoms with van der Waals surface area (Å²) in [7, 11) is 0. The molecule has 2 aromatic carbocycles. The number of nitrogens with zero attached hydrogens (tertiary/aromatic N) is 4. The topological polar surface area (TPSA) is 66.6 Å². The second kappa shape index (κ2) is 8.35. The second-order valence-electron chi connectivity index (χ2n) is 6.54. The number of guanidine groups is 1. The normalized spacial score (nSPS) is 11.5. The summed E-state index contributed by atoms with van der Waals surface area (Å²) in [6.07, 6.45) is 1.96. The fourth-order valence-electron chi connectivity index (χ4n) is 2.84. The van der Waals surface area contributed by atoms with Crippen LogP contribution in [0.3, 0.4) is 0 Å². The lowest BCUT2D eigenvalue weighted by Crippen LogP contribution is -2.31. The number of hydrogen-bond donors (Lipinski definition) is 2. The van der Waals surface area contributed by atoms with Crippen molar-refractivity contribution in [2.75, 3.05) is 5.32 Å². The highest BCUT2D eigenvalue weighted by Crippen LogP contribution is 2.08. The van der Waals surface area contributed by atoms with Gasteiger partial charge in [0.05, 0.1) is 13.1 Å². The summed E-state index contributed by atoms with van der Waals surface area (Å²) >= 11 is 0. The average Bonchev–Trinajstić information content (AvgIpc) is 3.15. The minimum absolute atomic E-state index is 0.512. The van der Waals surface area contributed by atoms with E-state index in [1.807, 2.05) is 59.1 Å². The molecule has 0 aliphatic rings. The first-order chi connectivity index (χ1) is 13.8. The average molecular weight is 370 g/mol. The summed E-state index contributed by atoms with van der Waals surface area (Å²) in [5.74, 6) is 1.52. The van der Waals surface area contributed by atoms with E-state index in [1.165, 1.54) is 5.56 Å². The number of hydrogen-bond acceptors (Lipinski definition) is 3. The number of aryl methyl sites for hydroxylation is 1. The summed E-state index contributed by atoms with van der Waals surface area (Å²) in [6, 6.07) is 24.3. The van der Waals surface area contributed by atoms with Crippen LogP contribution in [0.5, 0.6) is 0 Å². The van der Waals surface area contributed by atoms with E-state index in [2.05, 4.69) is 52.0 Å². The van der Waals surface area contributed by atoms with E-state index in [9.17, 15) is 0 Å². The Labute approximate surface area is 164 Å². The molecule has 0 spiro atoms. The third-order valence-corrected chi connectivity index (χ3v) is 4.38. The maximum absolute atomic E-state index is 4.74. The first kappa shape index (κ1) is 17.7. The summed E-state index contributed by atoms with van der Waals surface area (Å²) in [4.78, 5) is 4.74. The molecule has 0 saturated carbocycles. The molecule has 0 radical (unpaired) electrons. The summed E-state index contributed by atoms with van der Waals surface area (Å²) < 4.78 is 1.97. The lowest BCUT2D eigenvalue weighted by Gasteiger charge is -2.12. The van der Waals surface area contributed by atoms with Gasteiger partial charge in [-0.05, 0) is 36.8 Å². The van der Waals surface area contributed by atoms with Crippen molar-refractivity contribution in [2.24, 2.45) is 4.99 Å². The number of rotatable bonds is 5. The third-order valence-electron chi connectivity index (χ3n) is 4.38. The fourth-order valence-corrected chi connectivity index (χ4v) is 2.84. The predicted octanol–water partition coefficient (Wildman–Crippen LogP) is 3.80. The van der Waals surface area contributed by atoms with Crippen LogP contribution in [0.15, 0.2) is 84.0 Å². The van der Waals surface area contributed by atoms with Gasteiger partial charge in [-0.15, -0.1) is 10.2 Å². The van der Waals surface area contributed by atoms with Crippen LogP contribution in [0.1, 0.15) is 17.0 Å². The van der Waals surface area contributed by atoms with E-state index in [4.69, 9.17) is 4.99 Å². The van der Waals surface area contributed by atoms with Crippen molar-refractivity contribution < 1.29 is 0 Å². The molecule has 6 nitrogen and oxygen atoms in total. The zero-order chi connectivity index (χ0) is 19.2. The number of para-hydroxylation sites is 1. The van der Waals surface area contributed by atoms with E-state index in [-0.39, 0.29) is 0 Å². The Hall–Kier alpha value is -3.67. The van der Waals surface area contributed by atoms with Gasteiger partial charge in [0.25, 0.3) is 0 Å². The molecule has 6 heteroatoms. The Morgan fingerprint density at radius 3 is 2.54 bits per heavy atom. The molecule has 0 atom stereocenters. The molecule has 0 fully saturated rings. The van der Waals surface area contributed by atoms with Gasteiger partial charge in [-0.1, -0.05) is 54.1 Å². The lowest BCUT2D eigenvalue weighted by molar-refractivity contribution is 0.801. The number of nitrogens with one attached hydrogen (secondary N) is 2. The molecule has 2 aromatic heterocycles. The molecular weight excluding hydrogens is 348 g/mol. The number of benzene rings is 2. The molecule has 140 valence electrons. The Kier molecular flexibility index (Phi) is 5.29. The van der Waals surface area contributed by atoms with Crippen LogP contribution in [0, 0.1) is 6.92 Å². The molecule has 2 N–H and O–H groups in total. The van der Waals surface area contributed by atoms with E-state index >= 15 is 0 Å². The van der Waals surface area contributed by atoms with Crippen molar-refractivity contribution >= 4 is 17.3 Å². The molecule has 0 bridgehead atoms. The van der Waals surface area contributed by atoms with Gasteiger partial charge < -0.3 is 10.6 Å². The van der Waals surface area contributed by atoms with Gasteiger partial charge >= 0.3 is 0 Å². The van der Waals surface area contributed by atoms with Crippen molar-refractivity contribution in [3.05, 3.63) is 95.9 Å². The predicted molar refractivity (Wildman–Crippen MR) is 112 cm³/mol. The van der Waals surface area contributed by atoms with Gasteiger partial charge in [-0.3, -0.25) is 4.40 Å². The SMILES string of the molecule is Cc1ccc(CN=C(NCc2nnc3ccccn23)Nc2ccccc2)cc1. The minimum atomic E-state index is 0.512. The highest BCUT2D eigenvalue weighted by Gasteiger charge is 2.06. The smallest absolute Gasteiger partial charge is 0.196 e. The molecule has 2 heterocycles. The van der Waals surface area contributed by atoms with Crippen LogP contribution in [-0.2, 0) is 13.1 Å². The van der Waals surface area contributed by atoms with Crippen molar-refractivity contribution in [2.45, 2.75) is 20.0 Å². The molecular formula is C22H22N6. The minimum Gasteiger partial charge on any atom is -0.349 e. The number of aromatic nitrogens is 3. The van der Waals surface area contributed by atoms with Crippen LogP contribution in [0.2, 0.25) is 0 Å². The first-order valence-corrected chi connectivity index (χ1v) is 9.22. The maximum Gasteiger partial charge on any atom is 0.196 e. The highest BCUT2D eigenvalue weighted by atomic mass is 15.3. The first-order valence-electron chi connectivity index (χ1n) is 9.22. The fraction of sp³-hybridized carbons (Fsp3) is 0.136. The Morgan fingerprint density at radius 1 is 0.929 bits per heavy atom. The molecule has 0 unspecified atom stereocenters. The van der Waals surface area contributed by atoms with Crippen LogP contribution in [0.4, 0.5) is 5.69 Å². The third kappa shape index (κ3) is 4.35. The molecule has 4 rings (SSSR count). The summed E-state index contributed by atoms with van der Waals surface area (Å²) in [6.45, 7) is 3.18. The van der Waals surface area contributed by atoms with Gasteiger partial charge in [0, 0.05) is 11.9 Å². The molecule has 4 aromatic rings.